The first-order chi connectivity index (χ1) is 27.5. The molecule has 1 fully saturated rings. The topological polar surface area (TPSA) is 143 Å². The highest BCUT2D eigenvalue weighted by atomic mass is 28.4. The number of benzene rings is 4. The number of carbonyl (C=O) groups is 2. The summed E-state index contributed by atoms with van der Waals surface area (Å²) < 4.78 is 14.5. The fourth-order valence-corrected chi connectivity index (χ4v) is 11.7. The number of aliphatic hydroxyl groups is 1. The molecule has 3 aliphatic rings. The van der Waals surface area contributed by atoms with E-state index in [0.29, 0.717) is 54.2 Å². The van der Waals surface area contributed by atoms with Crippen molar-refractivity contribution in [3.8, 4) is 5.75 Å². The number of anilines is 2. The number of nitrogens with zero attached hydrogens (tertiary/aromatic N) is 6. The molecule has 1 aromatic heterocycles. The fourth-order valence-electron chi connectivity index (χ4n) is 9.07. The van der Waals surface area contributed by atoms with Crippen LogP contribution >= 0.6 is 0 Å². The Hall–Kier alpha value is -5.47. The Morgan fingerprint density at radius 3 is 2.44 bits per heavy atom. The number of hydrogen-bond donors (Lipinski definition) is 2. The first-order valence-corrected chi connectivity index (χ1v) is 22.6. The lowest BCUT2D eigenvalue weighted by Crippen LogP contribution is -2.46. The van der Waals surface area contributed by atoms with Crippen LogP contribution in [0.5, 0.6) is 5.75 Å². The summed E-state index contributed by atoms with van der Waals surface area (Å²) in [6, 6.07) is 32.8. The molecule has 0 saturated carbocycles. The van der Waals surface area contributed by atoms with Crippen molar-refractivity contribution in [2.75, 3.05) is 23.6 Å². The number of methoxy groups -OCH3 is 1. The number of amides is 2. The van der Waals surface area contributed by atoms with Gasteiger partial charge in [-0.15, -0.1) is 5.10 Å². The van der Waals surface area contributed by atoms with Gasteiger partial charge in [0, 0.05) is 42.6 Å². The number of rotatable bonds is 12. The third-order valence-corrected chi connectivity index (χ3v) is 14.3. The van der Waals surface area contributed by atoms with Crippen molar-refractivity contribution in [2.45, 2.75) is 75.5 Å². The van der Waals surface area contributed by atoms with Gasteiger partial charge in [0.15, 0.2) is 13.9 Å². The maximum absolute atomic E-state index is 15.1. The second-order valence-electron chi connectivity index (χ2n) is 15.8. The van der Waals surface area contributed by atoms with E-state index < -0.39 is 20.0 Å². The minimum atomic E-state index is -2.93. The van der Waals surface area contributed by atoms with E-state index >= 15 is 4.79 Å². The lowest BCUT2D eigenvalue weighted by Gasteiger charge is -2.32. The number of aryl methyl sites for hydroxylation is 1. The van der Waals surface area contributed by atoms with E-state index in [9.17, 15) is 14.7 Å². The predicted octanol–water partition coefficient (Wildman–Crippen LogP) is 6.38. The van der Waals surface area contributed by atoms with Crippen LogP contribution in [-0.2, 0) is 33.0 Å². The van der Waals surface area contributed by atoms with Crippen molar-refractivity contribution >= 4 is 37.2 Å². The Morgan fingerprint density at radius 1 is 0.965 bits per heavy atom. The van der Waals surface area contributed by atoms with Gasteiger partial charge < -0.3 is 24.3 Å². The SMILES string of the molecule is COc1ccc2c(c1)[C@]1(O[C@@H](CCn3cc(C(CO)c4ccccc4)nn3)[C@H]([Si](C)(C)O)[C@H]1C)C(=O)N2Cc1cccc(N2N=C(c3ccccc3)CCC2=O)c1. The average Bonchev–Trinajstić information content (AvgIpc) is 3.88. The van der Waals surface area contributed by atoms with Crippen molar-refractivity contribution < 1.29 is 29.0 Å². The zero-order valence-corrected chi connectivity index (χ0v) is 33.7. The summed E-state index contributed by atoms with van der Waals surface area (Å²) in [4.78, 5) is 41.9. The monoisotopic (exact) mass is 784 g/mol. The lowest BCUT2D eigenvalue weighted by atomic mass is 9.82. The second-order valence-corrected chi connectivity index (χ2v) is 19.7. The minimum Gasteiger partial charge on any atom is -0.497 e. The molecule has 294 valence electrons. The van der Waals surface area contributed by atoms with E-state index in [4.69, 9.17) is 14.6 Å². The van der Waals surface area contributed by atoms with Gasteiger partial charge in [-0.05, 0) is 66.5 Å². The van der Waals surface area contributed by atoms with Gasteiger partial charge in [-0.3, -0.25) is 14.3 Å². The van der Waals surface area contributed by atoms with Crippen molar-refractivity contribution in [2.24, 2.45) is 11.0 Å². The zero-order chi connectivity index (χ0) is 39.9. The quantitative estimate of drug-likeness (QED) is 0.139. The second kappa shape index (κ2) is 15.5. The Morgan fingerprint density at radius 2 is 1.72 bits per heavy atom. The standard InChI is InChI=1S/C44H48N6O6Si/c1-29-42(57(3,4)54)40(22-23-48-27-38(45-47-48)35(28-51)31-13-7-5-8-14-31)56-44(29)36-25-34(55-2)18-20-39(36)49(43(44)53)26-30-12-11-17-33(24-30)50-41(52)21-19-37(46-50)32-15-9-6-10-16-32/h5-18,20,24-25,27,29,35,40,42,51,54H,19,21-23,26,28H2,1-4H3/t29-,35?,40+,42-,44+/m1/s1. The number of ether oxygens (including phenoxy) is 2. The van der Waals surface area contributed by atoms with Gasteiger partial charge in [0.1, 0.15) is 5.75 Å². The van der Waals surface area contributed by atoms with Gasteiger partial charge in [0.05, 0.1) is 55.1 Å². The molecule has 1 spiro atoms. The zero-order valence-electron chi connectivity index (χ0n) is 32.7. The van der Waals surface area contributed by atoms with Gasteiger partial charge >= 0.3 is 0 Å². The largest absolute Gasteiger partial charge is 0.497 e. The molecular weight excluding hydrogens is 737 g/mol. The lowest BCUT2D eigenvalue weighted by molar-refractivity contribution is -0.146. The summed E-state index contributed by atoms with van der Waals surface area (Å²) in [5.74, 6) is -0.373. The highest BCUT2D eigenvalue weighted by molar-refractivity contribution is 6.71. The molecule has 0 bridgehead atoms. The van der Waals surface area contributed by atoms with E-state index in [2.05, 4.69) is 10.3 Å². The molecule has 8 rings (SSSR count). The van der Waals surface area contributed by atoms with Crippen LogP contribution in [0.15, 0.2) is 114 Å². The molecule has 1 saturated heterocycles. The van der Waals surface area contributed by atoms with Crippen LogP contribution < -0.4 is 14.6 Å². The Balaban J connectivity index is 1.08. The molecule has 0 aliphatic carbocycles. The van der Waals surface area contributed by atoms with Crippen molar-refractivity contribution in [3.05, 3.63) is 137 Å². The molecule has 4 aromatic carbocycles. The van der Waals surface area contributed by atoms with Gasteiger partial charge in [-0.25, -0.2) is 5.01 Å². The molecule has 2 amide bonds. The molecule has 57 heavy (non-hydrogen) atoms. The Labute approximate surface area is 333 Å². The van der Waals surface area contributed by atoms with E-state index in [-0.39, 0.29) is 42.3 Å². The third-order valence-electron chi connectivity index (χ3n) is 11.8. The number of aromatic nitrogens is 3. The van der Waals surface area contributed by atoms with Crippen molar-refractivity contribution in [1.29, 1.82) is 0 Å². The maximum atomic E-state index is 15.1. The van der Waals surface area contributed by atoms with Crippen molar-refractivity contribution in [3.63, 3.8) is 0 Å². The first kappa shape index (κ1) is 38.4. The molecular formula is C44H48N6O6Si. The molecule has 4 heterocycles. The highest BCUT2D eigenvalue weighted by Gasteiger charge is 2.66. The fraction of sp³-hybridized carbons (Fsp3) is 0.341. The number of carbonyl (C=O) groups excluding carboxylic acids is 2. The summed E-state index contributed by atoms with van der Waals surface area (Å²) in [5, 5.41) is 25.2. The molecule has 13 heteroatoms. The summed E-state index contributed by atoms with van der Waals surface area (Å²) in [7, 11) is -1.33. The smallest absolute Gasteiger partial charge is 0.264 e. The minimum absolute atomic E-state index is 0.0898. The van der Waals surface area contributed by atoms with Crippen LogP contribution in [0.4, 0.5) is 11.4 Å². The predicted molar refractivity (Wildman–Crippen MR) is 220 cm³/mol. The first-order valence-electron chi connectivity index (χ1n) is 19.5. The normalized spacial score (nSPS) is 22.6. The van der Waals surface area contributed by atoms with Gasteiger partial charge in [0.25, 0.3) is 5.91 Å². The van der Waals surface area contributed by atoms with Crippen LogP contribution in [-0.4, -0.2) is 70.6 Å². The Kier molecular flexibility index (Phi) is 10.4. The molecule has 3 aliphatic heterocycles. The number of aliphatic hydroxyl groups excluding tert-OH is 1. The third kappa shape index (κ3) is 7.09. The average molecular weight is 785 g/mol. The van der Waals surface area contributed by atoms with Crippen LogP contribution in [0.3, 0.4) is 0 Å². The molecule has 0 radical (unpaired) electrons. The van der Waals surface area contributed by atoms with Gasteiger partial charge in [0.2, 0.25) is 5.91 Å². The van der Waals surface area contributed by atoms with Crippen molar-refractivity contribution in [1.82, 2.24) is 15.0 Å². The summed E-state index contributed by atoms with van der Waals surface area (Å²) >= 11 is 0. The summed E-state index contributed by atoms with van der Waals surface area (Å²) in [6.45, 7) is 6.40. The van der Waals surface area contributed by atoms with Gasteiger partial charge in [-0.1, -0.05) is 84.9 Å². The molecule has 1 unspecified atom stereocenters. The van der Waals surface area contributed by atoms with E-state index in [1.165, 1.54) is 5.01 Å². The number of fused-ring (bicyclic) bond motifs is 2. The molecule has 5 atom stereocenters. The van der Waals surface area contributed by atoms with Crippen LogP contribution in [0.25, 0.3) is 0 Å². The Bertz CT molecular complexity index is 2300. The van der Waals surface area contributed by atoms with E-state index in [0.717, 1.165) is 22.4 Å². The molecule has 5 aromatic rings. The van der Waals surface area contributed by atoms with Gasteiger partial charge in [-0.2, -0.15) is 5.10 Å². The maximum Gasteiger partial charge on any atom is 0.264 e. The molecule has 2 N–H and O–H groups in total. The molecule has 12 nitrogen and oxygen atoms in total. The van der Waals surface area contributed by atoms with E-state index in [1.807, 2.05) is 129 Å². The van der Waals surface area contributed by atoms with E-state index in [1.54, 1.807) is 16.7 Å². The van der Waals surface area contributed by atoms with Crippen LogP contribution in [0.2, 0.25) is 18.6 Å². The highest BCUT2D eigenvalue weighted by Crippen LogP contribution is 2.60. The summed E-state index contributed by atoms with van der Waals surface area (Å²) in [5.41, 5.74) is 4.65. The van der Waals surface area contributed by atoms with Crippen LogP contribution in [0.1, 0.15) is 60.1 Å². The van der Waals surface area contributed by atoms with Crippen LogP contribution in [0, 0.1) is 5.92 Å². The number of hydrogen-bond acceptors (Lipinski definition) is 9. The summed E-state index contributed by atoms with van der Waals surface area (Å²) in [6.07, 6.45) is 2.78. The number of hydrazone groups is 1.